The van der Waals surface area contributed by atoms with Crippen LogP contribution in [0.2, 0.25) is 5.02 Å². The second-order valence-electron chi connectivity index (χ2n) is 6.07. The molecule has 4 nitrogen and oxygen atoms in total. The van der Waals surface area contributed by atoms with Crippen LogP contribution in [0.3, 0.4) is 0 Å². The van der Waals surface area contributed by atoms with Gasteiger partial charge in [-0.05, 0) is 61.3 Å². The maximum Gasteiger partial charge on any atom is 0.319 e. The monoisotopic (exact) mass is 343 g/mol. The maximum absolute atomic E-state index is 12.1. The van der Waals surface area contributed by atoms with Crippen LogP contribution in [0.5, 0.6) is 0 Å². The first-order valence-electron chi connectivity index (χ1n) is 8.30. The third-order valence-corrected chi connectivity index (χ3v) is 4.50. The Kier molecular flexibility index (Phi) is 5.72. The third kappa shape index (κ3) is 4.73. The lowest BCUT2D eigenvalue weighted by Gasteiger charge is -2.17. The number of anilines is 1. The third-order valence-electron chi connectivity index (χ3n) is 4.25. The number of carbonyl (C=O) groups excluding carboxylic acids is 1. The first-order chi connectivity index (χ1) is 11.7. The molecule has 2 aromatic carbocycles. The minimum Gasteiger partial charge on any atom is -0.334 e. The molecule has 1 aliphatic heterocycles. The van der Waals surface area contributed by atoms with Gasteiger partial charge in [-0.2, -0.15) is 0 Å². The summed E-state index contributed by atoms with van der Waals surface area (Å²) < 4.78 is 0. The predicted molar refractivity (Wildman–Crippen MR) is 98.3 cm³/mol. The number of halogens is 1. The number of hydrogen-bond donors (Lipinski definition) is 2. The molecule has 0 aliphatic carbocycles. The zero-order valence-corrected chi connectivity index (χ0v) is 14.4. The molecule has 0 radical (unpaired) electrons. The summed E-state index contributed by atoms with van der Waals surface area (Å²) in [4.78, 5) is 14.5. The SMILES string of the molecule is O=C(NCc1ccccc1CN1CCCC1)Nc1ccc(Cl)cc1. The van der Waals surface area contributed by atoms with Crippen molar-refractivity contribution in [3.8, 4) is 0 Å². The highest BCUT2D eigenvalue weighted by Crippen LogP contribution is 2.16. The van der Waals surface area contributed by atoms with E-state index in [0.717, 1.165) is 17.8 Å². The van der Waals surface area contributed by atoms with Crippen LogP contribution in [-0.2, 0) is 13.1 Å². The van der Waals surface area contributed by atoms with Crippen LogP contribution in [-0.4, -0.2) is 24.0 Å². The van der Waals surface area contributed by atoms with Crippen LogP contribution >= 0.6 is 11.6 Å². The van der Waals surface area contributed by atoms with Crippen molar-refractivity contribution in [3.63, 3.8) is 0 Å². The summed E-state index contributed by atoms with van der Waals surface area (Å²) in [6.07, 6.45) is 2.56. The summed E-state index contributed by atoms with van der Waals surface area (Å²) in [5.74, 6) is 0. The average Bonchev–Trinajstić information content (AvgIpc) is 3.09. The van der Waals surface area contributed by atoms with E-state index < -0.39 is 0 Å². The van der Waals surface area contributed by atoms with Gasteiger partial charge in [0, 0.05) is 23.8 Å². The van der Waals surface area contributed by atoms with E-state index in [9.17, 15) is 4.79 Å². The Labute approximate surface area is 147 Å². The van der Waals surface area contributed by atoms with Gasteiger partial charge in [-0.25, -0.2) is 4.79 Å². The zero-order valence-electron chi connectivity index (χ0n) is 13.6. The van der Waals surface area contributed by atoms with Gasteiger partial charge in [0.05, 0.1) is 0 Å². The molecule has 0 spiro atoms. The molecule has 0 aromatic heterocycles. The molecule has 0 unspecified atom stereocenters. The highest BCUT2D eigenvalue weighted by Gasteiger charge is 2.13. The van der Waals surface area contributed by atoms with Crippen molar-refractivity contribution in [1.82, 2.24) is 10.2 Å². The number of nitrogens with one attached hydrogen (secondary N) is 2. The van der Waals surface area contributed by atoms with Gasteiger partial charge in [-0.15, -0.1) is 0 Å². The molecule has 0 bridgehead atoms. The van der Waals surface area contributed by atoms with E-state index >= 15 is 0 Å². The van der Waals surface area contributed by atoms with E-state index in [0.29, 0.717) is 11.6 Å². The second-order valence-corrected chi connectivity index (χ2v) is 6.50. The highest BCUT2D eigenvalue weighted by atomic mass is 35.5. The number of rotatable bonds is 5. The summed E-state index contributed by atoms with van der Waals surface area (Å²) in [5, 5.41) is 6.39. The lowest BCUT2D eigenvalue weighted by molar-refractivity contribution is 0.251. The van der Waals surface area contributed by atoms with Crippen molar-refractivity contribution in [2.75, 3.05) is 18.4 Å². The molecule has 0 saturated carbocycles. The Morgan fingerprint density at radius 2 is 1.67 bits per heavy atom. The van der Waals surface area contributed by atoms with E-state index in [1.165, 1.54) is 31.5 Å². The number of urea groups is 1. The Morgan fingerprint density at radius 1 is 1.00 bits per heavy atom. The molecule has 24 heavy (non-hydrogen) atoms. The van der Waals surface area contributed by atoms with Crippen molar-refractivity contribution in [2.24, 2.45) is 0 Å². The molecule has 1 heterocycles. The van der Waals surface area contributed by atoms with Gasteiger partial charge in [0.25, 0.3) is 0 Å². The van der Waals surface area contributed by atoms with E-state index in [4.69, 9.17) is 11.6 Å². The standard InChI is InChI=1S/C19H22ClN3O/c20-17-7-9-18(10-8-17)22-19(24)21-13-15-5-1-2-6-16(15)14-23-11-3-4-12-23/h1-2,5-10H,3-4,11-14H2,(H2,21,22,24). The number of nitrogens with zero attached hydrogens (tertiary/aromatic N) is 1. The molecule has 126 valence electrons. The second kappa shape index (κ2) is 8.18. The summed E-state index contributed by atoms with van der Waals surface area (Å²) in [6, 6.07) is 15.1. The summed E-state index contributed by atoms with van der Waals surface area (Å²) in [7, 11) is 0. The number of benzene rings is 2. The Morgan fingerprint density at radius 3 is 2.38 bits per heavy atom. The molecule has 5 heteroatoms. The fraction of sp³-hybridized carbons (Fsp3) is 0.316. The zero-order chi connectivity index (χ0) is 16.8. The summed E-state index contributed by atoms with van der Waals surface area (Å²) >= 11 is 5.84. The largest absolute Gasteiger partial charge is 0.334 e. The fourth-order valence-electron chi connectivity index (χ4n) is 2.95. The summed E-state index contributed by atoms with van der Waals surface area (Å²) in [6.45, 7) is 3.80. The molecular weight excluding hydrogens is 322 g/mol. The molecular formula is C19H22ClN3O. The van der Waals surface area contributed by atoms with Gasteiger partial charge in [0.15, 0.2) is 0 Å². The number of amides is 2. The molecule has 2 N–H and O–H groups in total. The van der Waals surface area contributed by atoms with Crippen molar-refractivity contribution in [1.29, 1.82) is 0 Å². The van der Waals surface area contributed by atoms with Gasteiger partial charge in [0.2, 0.25) is 0 Å². The fourth-order valence-corrected chi connectivity index (χ4v) is 3.08. The highest BCUT2D eigenvalue weighted by molar-refractivity contribution is 6.30. The summed E-state index contributed by atoms with van der Waals surface area (Å²) in [5.41, 5.74) is 3.17. The molecule has 1 fully saturated rings. The number of hydrogen-bond acceptors (Lipinski definition) is 2. The van der Waals surface area contributed by atoms with Crippen LogP contribution in [0.4, 0.5) is 10.5 Å². The van der Waals surface area contributed by atoms with Gasteiger partial charge in [0.1, 0.15) is 0 Å². The van der Waals surface area contributed by atoms with Gasteiger partial charge >= 0.3 is 6.03 Å². The number of carbonyl (C=O) groups is 1. The quantitative estimate of drug-likeness (QED) is 0.852. The first-order valence-corrected chi connectivity index (χ1v) is 8.68. The smallest absolute Gasteiger partial charge is 0.319 e. The first kappa shape index (κ1) is 16.8. The molecule has 2 amide bonds. The van der Waals surface area contributed by atoms with Gasteiger partial charge in [-0.3, -0.25) is 4.90 Å². The number of likely N-dealkylation sites (tertiary alicyclic amines) is 1. The van der Waals surface area contributed by atoms with Crippen molar-refractivity contribution in [3.05, 3.63) is 64.7 Å². The van der Waals surface area contributed by atoms with Crippen molar-refractivity contribution < 1.29 is 4.79 Å². The van der Waals surface area contributed by atoms with Gasteiger partial charge in [-0.1, -0.05) is 35.9 Å². The van der Waals surface area contributed by atoms with Crippen LogP contribution in [0.25, 0.3) is 0 Å². The van der Waals surface area contributed by atoms with Crippen molar-refractivity contribution in [2.45, 2.75) is 25.9 Å². The minimum absolute atomic E-state index is 0.215. The molecule has 2 aromatic rings. The van der Waals surface area contributed by atoms with Crippen LogP contribution < -0.4 is 10.6 Å². The molecule has 0 atom stereocenters. The average molecular weight is 344 g/mol. The van der Waals surface area contributed by atoms with Gasteiger partial charge < -0.3 is 10.6 Å². The molecule has 3 rings (SSSR count). The van der Waals surface area contributed by atoms with Crippen molar-refractivity contribution >= 4 is 23.3 Å². The lowest BCUT2D eigenvalue weighted by atomic mass is 10.1. The van der Waals surface area contributed by atoms with Crippen LogP contribution in [0, 0.1) is 0 Å². The van der Waals surface area contributed by atoms with Crippen LogP contribution in [0.15, 0.2) is 48.5 Å². The Balaban J connectivity index is 1.55. The molecule has 1 aliphatic rings. The normalized spacial score (nSPS) is 14.5. The van der Waals surface area contributed by atoms with E-state index in [2.05, 4.69) is 33.7 Å². The van der Waals surface area contributed by atoms with E-state index in [1.807, 2.05) is 6.07 Å². The Bertz CT molecular complexity index is 681. The topological polar surface area (TPSA) is 44.4 Å². The predicted octanol–water partition coefficient (Wildman–Crippen LogP) is 4.26. The minimum atomic E-state index is -0.215. The molecule has 1 saturated heterocycles. The maximum atomic E-state index is 12.1. The Hall–Kier alpha value is -2.04. The van der Waals surface area contributed by atoms with Crippen LogP contribution in [0.1, 0.15) is 24.0 Å². The van der Waals surface area contributed by atoms with E-state index in [-0.39, 0.29) is 6.03 Å². The van der Waals surface area contributed by atoms with E-state index in [1.54, 1.807) is 24.3 Å². The lowest BCUT2D eigenvalue weighted by Crippen LogP contribution is -2.29.